The van der Waals surface area contributed by atoms with Crippen LogP contribution in [0.1, 0.15) is 11.1 Å². The third kappa shape index (κ3) is 5.80. The van der Waals surface area contributed by atoms with E-state index in [-0.39, 0.29) is 18.4 Å². The zero-order valence-electron chi connectivity index (χ0n) is 17.9. The standard InChI is InChI=1S/C25H18Cl2N2O3S2/c1-15-2-9-19(13-21(15)27)29-24(31)22(34-25(29)33)12-16-3-10-20(11-4-16)32-14-23(30)28-18-7-5-17(26)6-8-18/h2-13H,14H2,1H3,(H,28,30)/b22-12-. The Morgan fingerprint density at radius 2 is 1.79 bits per heavy atom. The van der Waals surface area contributed by atoms with Crippen molar-refractivity contribution in [1.82, 2.24) is 0 Å². The summed E-state index contributed by atoms with van der Waals surface area (Å²) in [6.07, 6.45) is 1.77. The number of rotatable bonds is 6. The normalized spacial score (nSPS) is 14.6. The van der Waals surface area contributed by atoms with Crippen molar-refractivity contribution in [1.29, 1.82) is 0 Å². The number of hydrogen-bond donors (Lipinski definition) is 1. The van der Waals surface area contributed by atoms with Crippen molar-refractivity contribution in [2.45, 2.75) is 6.92 Å². The molecule has 1 saturated heterocycles. The second-order valence-corrected chi connectivity index (χ2v) is 9.88. The van der Waals surface area contributed by atoms with Gasteiger partial charge in [0.05, 0.1) is 10.6 Å². The molecule has 0 spiro atoms. The molecule has 0 radical (unpaired) electrons. The van der Waals surface area contributed by atoms with Crippen molar-refractivity contribution >= 4 is 80.8 Å². The Balaban J connectivity index is 1.38. The lowest BCUT2D eigenvalue weighted by atomic mass is 10.2. The van der Waals surface area contributed by atoms with Gasteiger partial charge in [-0.25, -0.2) is 0 Å². The number of nitrogens with zero attached hydrogens (tertiary/aromatic N) is 1. The number of halogens is 2. The van der Waals surface area contributed by atoms with Crippen LogP contribution in [-0.4, -0.2) is 22.7 Å². The van der Waals surface area contributed by atoms with Crippen molar-refractivity contribution in [2.75, 3.05) is 16.8 Å². The molecule has 3 aromatic rings. The van der Waals surface area contributed by atoms with Crippen LogP contribution in [0.2, 0.25) is 10.0 Å². The molecule has 1 N–H and O–H groups in total. The lowest BCUT2D eigenvalue weighted by molar-refractivity contribution is -0.118. The summed E-state index contributed by atoms with van der Waals surface area (Å²) in [5.41, 5.74) is 3.01. The van der Waals surface area contributed by atoms with Crippen LogP contribution in [0.15, 0.2) is 71.6 Å². The summed E-state index contributed by atoms with van der Waals surface area (Å²) in [5, 5.41) is 3.91. The number of carbonyl (C=O) groups is 2. The molecule has 5 nitrogen and oxygen atoms in total. The van der Waals surface area contributed by atoms with Gasteiger partial charge in [-0.15, -0.1) is 0 Å². The highest BCUT2D eigenvalue weighted by Crippen LogP contribution is 2.37. The first-order valence-electron chi connectivity index (χ1n) is 10.1. The van der Waals surface area contributed by atoms with Gasteiger partial charge in [0, 0.05) is 15.7 Å². The van der Waals surface area contributed by atoms with E-state index in [0.717, 1.165) is 11.1 Å². The lowest BCUT2D eigenvalue weighted by Gasteiger charge is -2.15. The molecule has 0 unspecified atom stereocenters. The van der Waals surface area contributed by atoms with Crippen molar-refractivity contribution in [3.63, 3.8) is 0 Å². The smallest absolute Gasteiger partial charge is 0.270 e. The van der Waals surface area contributed by atoms with E-state index in [1.165, 1.54) is 16.7 Å². The molecular formula is C25H18Cl2N2O3S2. The van der Waals surface area contributed by atoms with E-state index in [1.54, 1.807) is 48.5 Å². The minimum atomic E-state index is -0.286. The van der Waals surface area contributed by atoms with Gasteiger partial charge in [0.2, 0.25) is 0 Å². The molecule has 0 aliphatic carbocycles. The molecule has 0 saturated carbocycles. The maximum Gasteiger partial charge on any atom is 0.270 e. The third-order valence-corrected chi connectivity index (χ3v) is 6.84. The van der Waals surface area contributed by atoms with Crippen molar-refractivity contribution in [3.05, 3.63) is 92.8 Å². The molecule has 0 atom stereocenters. The van der Waals surface area contributed by atoms with E-state index in [4.69, 9.17) is 40.2 Å². The van der Waals surface area contributed by atoms with Crippen molar-refractivity contribution < 1.29 is 14.3 Å². The first kappa shape index (κ1) is 24.3. The Morgan fingerprint density at radius 3 is 2.47 bits per heavy atom. The number of benzene rings is 3. The topological polar surface area (TPSA) is 58.6 Å². The summed E-state index contributed by atoms with van der Waals surface area (Å²) in [4.78, 5) is 27.0. The number of ether oxygens (including phenoxy) is 1. The fraction of sp³-hybridized carbons (Fsp3) is 0.0800. The second-order valence-electron chi connectivity index (χ2n) is 7.36. The van der Waals surface area contributed by atoms with Crippen LogP contribution in [-0.2, 0) is 9.59 Å². The van der Waals surface area contributed by atoms with Crippen LogP contribution in [0.5, 0.6) is 5.75 Å². The molecule has 1 aliphatic heterocycles. The highest BCUT2D eigenvalue weighted by molar-refractivity contribution is 8.27. The molecule has 3 aromatic carbocycles. The number of aryl methyl sites for hydroxylation is 1. The fourth-order valence-corrected chi connectivity index (χ4v) is 4.70. The van der Waals surface area contributed by atoms with Crippen LogP contribution in [0.4, 0.5) is 11.4 Å². The van der Waals surface area contributed by atoms with Gasteiger partial charge in [-0.05, 0) is 72.7 Å². The van der Waals surface area contributed by atoms with Crippen LogP contribution in [0, 0.1) is 6.92 Å². The first-order chi connectivity index (χ1) is 16.3. The predicted molar refractivity (Wildman–Crippen MR) is 144 cm³/mol. The molecule has 1 heterocycles. The number of amides is 2. The van der Waals surface area contributed by atoms with E-state index in [2.05, 4.69) is 5.32 Å². The van der Waals surface area contributed by atoms with E-state index < -0.39 is 0 Å². The van der Waals surface area contributed by atoms with Crippen molar-refractivity contribution in [2.24, 2.45) is 0 Å². The molecule has 34 heavy (non-hydrogen) atoms. The predicted octanol–water partition coefficient (Wildman–Crippen LogP) is 6.73. The monoisotopic (exact) mass is 528 g/mol. The SMILES string of the molecule is Cc1ccc(N2C(=O)/C(=C/c3ccc(OCC(=O)Nc4ccc(Cl)cc4)cc3)SC2=S)cc1Cl. The fourth-order valence-electron chi connectivity index (χ4n) is 3.10. The van der Waals surface area contributed by atoms with Gasteiger partial charge in [-0.2, -0.15) is 0 Å². The van der Waals surface area contributed by atoms with Crippen molar-refractivity contribution in [3.8, 4) is 5.75 Å². The highest BCUT2D eigenvalue weighted by Gasteiger charge is 2.33. The van der Waals surface area contributed by atoms with Gasteiger partial charge in [-0.3, -0.25) is 14.5 Å². The number of thioether (sulfide) groups is 1. The van der Waals surface area contributed by atoms with E-state index in [9.17, 15) is 9.59 Å². The minimum absolute atomic E-state index is 0.139. The number of anilines is 2. The second kappa shape index (κ2) is 10.6. The molecule has 1 aliphatic rings. The molecule has 2 amide bonds. The number of nitrogens with one attached hydrogen (secondary N) is 1. The number of carbonyl (C=O) groups excluding carboxylic acids is 2. The molecule has 0 bridgehead atoms. The minimum Gasteiger partial charge on any atom is -0.484 e. The third-order valence-electron chi connectivity index (χ3n) is 4.88. The molecule has 1 fully saturated rings. The zero-order chi connectivity index (χ0) is 24.2. The van der Waals surface area contributed by atoms with E-state index >= 15 is 0 Å². The van der Waals surface area contributed by atoms with Gasteiger partial charge < -0.3 is 10.1 Å². The van der Waals surface area contributed by atoms with Crippen LogP contribution in [0.25, 0.3) is 6.08 Å². The van der Waals surface area contributed by atoms with Crippen LogP contribution < -0.4 is 15.0 Å². The summed E-state index contributed by atoms with van der Waals surface area (Å²) in [7, 11) is 0. The summed E-state index contributed by atoms with van der Waals surface area (Å²) >= 11 is 18.7. The van der Waals surface area contributed by atoms with Gasteiger partial charge in [-0.1, -0.05) is 65.4 Å². The molecule has 172 valence electrons. The average molecular weight is 529 g/mol. The molecular weight excluding hydrogens is 511 g/mol. The summed E-state index contributed by atoms with van der Waals surface area (Å²) in [5.74, 6) is 0.0469. The van der Waals surface area contributed by atoms with Crippen LogP contribution >= 0.6 is 47.2 Å². The first-order valence-corrected chi connectivity index (χ1v) is 12.1. The largest absolute Gasteiger partial charge is 0.484 e. The van der Waals surface area contributed by atoms with Gasteiger partial charge in [0.25, 0.3) is 11.8 Å². The average Bonchev–Trinajstić information content (AvgIpc) is 3.09. The number of thiocarbonyl (C=S) groups is 1. The molecule has 0 aromatic heterocycles. The van der Waals surface area contributed by atoms with E-state index in [0.29, 0.717) is 36.4 Å². The van der Waals surface area contributed by atoms with E-state index in [1.807, 2.05) is 31.2 Å². The maximum absolute atomic E-state index is 13.0. The Morgan fingerprint density at radius 1 is 1.09 bits per heavy atom. The Bertz CT molecular complexity index is 1290. The number of hydrogen-bond acceptors (Lipinski definition) is 5. The quantitative estimate of drug-likeness (QED) is 0.284. The summed E-state index contributed by atoms with van der Waals surface area (Å²) < 4.78 is 6.00. The zero-order valence-corrected chi connectivity index (χ0v) is 21.0. The maximum atomic E-state index is 13.0. The Kier molecular flexibility index (Phi) is 7.58. The Hall–Kier alpha value is -2.84. The summed E-state index contributed by atoms with van der Waals surface area (Å²) in [6.45, 7) is 1.76. The van der Waals surface area contributed by atoms with Gasteiger partial charge >= 0.3 is 0 Å². The lowest BCUT2D eigenvalue weighted by Crippen LogP contribution is -2.27. The molecule has 4 rings (SSSR count). The molecule has 9 heteroatoms. The van der Waals surface area contributed by atoms with Crippen LogP contribution in [0.3, 0.4) is 0 Å². The highest BCUT2D eigenvalue weighted by atomic mass is 35.5. The van der Waals surface area contributed by atoms with Gasteiger partial charge in [0.15, 0.2) is 10.9 Å². The van der Waals surface area contributed by atoms with Gasteiger partial charge in [0.1, 0.15) is 5.75 Å². The Labute approximate surface area is 216 Å². The summed E-state index contributed by atoms with van der Waals surface area (Å²) in [6, 6.07) is 19.3.